The maximum absolute atomic E-state index is 5.56. The van der Waals surface area contributed by atoms with Crippen LogP contribution >= 0.6 is 15.9 Å². The summed E-state index contributed by atoms with van der Waals surface area (Å²) in [5.74, 6) is 1.55. The quantitative estimate of drug-likeness (QED) is 0.874. The summed E-state index contributed by atoms with van der Waals surface area (Å²) in [7, 11) is 0. The smallest absolute Gasteiger partial charge is 0.175 e. The molecule has 82 valence electrons. The highest BCUT2D eigenvalue weighted by Crippen LogP contribution is 2.40. The monoisotopic (exact) mass is 280 g/mol. The molecule has 0 bridgehead atoms. The van der Waals surface area contributed by atoms with Crippen LogP contribution in [0.25, 0.3) is 11.1 Å². The van der Waals surface area contributed by atoms with Crippen LogP contribution in [0.3, 0.4) is 0 Å². The number of fused-ring (bicyclic) bond motifs is 1. The van der Waals surface area contributed by atoms with E-state index in [9.17, 15) is 0 Å². The molecule has 1 aromatic heterocycles. The number of nitrogens with one attached hydrogen (secondary N) is 1. The number of H-pyrrole nitrogens is 1. The van der Waals surface area contributed by atoms with Gasteiger partial charge in [0.15, 0.2) is 11.5 Å². The second kappa shape index (κ2) is 3.83. The van der Waals surface area contributed by atoms with Gasteiger partial charge in [-0.3, -0.25) is 5.10 Å². The second-order valence-corrected chi connectivity index (χ2v) is 4.32. The maximum atomic E-state index is 5.56. The van der Waals surface area contributed by atoms with Gasteiger partial charge in [0.25, 0.3) is 0 Å². The lowest BCUT2D eigenvalue weighted by Crippen LogP contribution is -2.15. The SMILES string of the molecule is Brc1cc(-c2cn[nH]c2)cc2c1OCCO2. The fraction of sp³-hybridized carbons (Fsp3) is 0.182. The molecule has 3 rings (SSSR count). The molecule has 2 heterocycles. The molecule has 1 aromatic carbocycles. The Balaban J connectivity index is 2.12. The topological polar surface area (TPSA) is 47.1 Å². The van der Waals surface area contributed by atoms with Crippen LogP contribution in [0.1, 0.15) is 0 Å². The predicted octanol–water partition coefficient (Wildman–Crippen LogP) is 2.61. The van der Waals surface area contributed by atoms with Crippen LogP contribution in [-0.2, 0) is 0 Å². The molecule has 0 aliphatic carbocycles. The van der Waals surface area contributed by atoms with Crippen LogP contribution in [-0.4, -0.2) is 23.4 Å². The third kappa shape index (κ3) is 1.57. The Kier molecular flexibility index (Phi) is 2.32. The van der Waals surface area contributed by atoms with Gasteiger partial charge < -0.3 is 9.47 Å². The first kappa shape index (κ1) is 9.72. The van der Waals surface area contributed by atoms with Crippen LogP contribution in [0, 0.1) is 0 Å². The molecule has 0 fully saturated rings. The number of aromatic amines is 1. The molecule has 0 atom stereocenters. The average molecular weight is 281 g/mol. The first-order valence-corrected chi connectivity index (χ1v) is 5.72. The van der Waals surface area contributed by atoms with E-state index in [1.807, 2.05) is 18.3 Å². The summed E-state index contributed by atoms with van der Waals surface area (Å²) in [5.41, 5.74) is 2.07. The lowest BCUT2D eigenvalue weighted by atomic mass is 10.1. The lowest BCUT2D eigenvalue weighted by molar-refractivity contribution is 0.170. The molecule has 0 spiro atoms. The van der Waals surface area contributed by atoms with E-state index in [-0.39, 0.29) is 0 Å². The molecule has 0 radical (unpaired) electrons. The number of halogens is 1. The normalized spacial score (nSPS) is 13.8. The van der Waals surface area contributed by atoms with Crippen molar-refractivity contribution >= 4 is 15.9 Å². The summed E-state index contributed by atoms with van der Waals surface area (Å²) in [6.07, 6.45) is 3.62. The molecule has 5 heteroatoms. The summed E-state index contributed by atoms with van der Waals surface area (Å²) < 4.78 is 12.0. The van der Waals surface area contributed by atoms with E-state index in [0.717, 1.165) is 27.1 Å². The fourth-order valence-electron chi connectivity index (χ4n) is 1.69. The van der Waals surface area contributed by atoms with Crippen LogP contribution in [0.15, 0.2) is 29.0 Å². The van der Waals surface area contributed by atoms with Crippen molar-refractivity contribution in [3.63, 3.8) is 0 Å². The molecule has 0 saturated heterocycles. The summed E-state index contributed by atoms with van der Waals surface area (Å²) in [4.78, 5) is 0. The van der Waals surface area contributed by atoms with Crippen molar-refractivity contribution in [2.24, 2.45) is 0 Å². The Morgan fingerprint density at radius 1 is 1.19 bits per heavy atom. The van der Waals surface area contributed by atoms with Gasteiger partial charge in [-0.25, -0.2) is 0 Å². The molecular weight excluding hydrogens is 272 g/mol. The van der Waals surface area contributed by atoms with E-state index in [4.69, 9.17) is 9.47 Å². The Bertz CT molecular complexity index is 511. The predicted molar refractivity (Wildman–Crippen MR) is 62.7 cm³/mol. The molecule has 16 heavy (non-hydrogen) atoms. The first-order valence-electron chi connectivity index (χ1n) is 4.93. The highest BCUT2D eigenvalue weighted by Gasteiger charge is 2.16. The summed E-state index contributed by atoms with van der Waals surface area (Å²) >= 11 is 3.48. The summed E-state index contributed by atoms with van der Waals surface area (Å²) in [5, 5.41) is 6.72. The maximum Gasteiger partial charge on any atom is 0.175 e. The third-order valence-electron chi connectivity index (χ3n) is 2.43. The van der Waals surface area contributed by atoms with Crippen LogP contribution < -0.4 is 9.47 Å². The zero-order chi connectivity index (χ0) is 11.0. The molecule has 1 aliphatic heterocycles. The minimum atomic E-state index is 0.592. The molecule has 4 nitrogen and oxygen atoms in total. The van der Waals surface area contributed by atoms with E-state index < -0.39 is 0 Å². The molecule has 0 saturated carbocycles. The van der Waals surface area contributed by atoms with Gasteiger partial charge in [0.1, 0.15) is 13.2 Å². The molecule has 1 N–H and O–H groups in total. The molecule has 0 amide bonds. The molecular formula is C11H9BrN2O2. The first-order chi connectivity index (χ1) is 7.84. The molecule has 0 unspecified atom stereocenters. The minimum Gasteiger partial charge on any atom is -0.486 e. The number of hydrogen-bond acceptors (Lipinski definition) is 3. The summed E-state index contributed by atoms with van der Waals surface area (Å²) in [6, 6.07) is 3.96. The average Bonchev–Trinajstić information content (AvgIpc) is 2.82. The number of benzene rings is 1. The van der Waals surface area contributed by atoms with Crippen molar-refractivity contribution in [1.82, 2.24) is 10.2 Å². The highest BCUT2D eigenvalue weighted by atomic mass is 79.9. The Labute approximate surface area is 101 Å². The van der Waals surface area contributed by atoms with Crippen molar-refractivity contribution < 1.29 is 9.47 Å². The Hall–Kier alpha value is -1.49. The van der Waals surface area contributed by atoms with Gasteiger partial charge in [0.05, 0.1) is 10.7 Å². The van der Waals surface area contributed by atoms with Crippen molar-refractivity contribution in [1.29, 1.82) is 0 Å². The van der Waals surface area contributed by atoms with E-state index in [1.165, 1.54) is 0 Å². The zero-order valence-electron chi connectivity index (χ0n) is 8.37. The molecule has 2 aromatic rings. The van der Waals surface area contributed by atoms with E-state index in [0.29, 0.717) is 13.2 Å². The van der Waals surface area contributed by atoms with Crippen molar-refractivity contribution in [2.45, 2.75) is 0 Å². The number of rotatable bonds is 1. The number of ether oxygens (including phenoxy) is 2. The third-order valence-corrected chi connectivity index (χ3v) is 3.02. The second-order valence-electron chi connectivity index (χ2n) is 3.47. The van der Waals surface area contributed by atoms with E-state index in [1.54, 1.807) is 6.20 Å². The van der Waals surface area contributed by atoms with Crippen molar-refractivity contribution in [3.05, 3.63) is 29.0 Å². The van der Waals surface area contributed by atoms with Gasteiger partial charge >= 0.3 is 0 Å². The largest absolute Gasteiger partial charge is 0.486 e. The van der Waals surface area contributed by atoms with Gasteiger partial charge in [0.2, 0.25) is 0 Å². The van der Waals surface area contributed by atoms with Crippen LogP contribution in [0.4, 0.5) is 0 Å². The van der Waals surface area contributed by atoms with Gasteiger partial charge in [-0.2, -0.15) is 5.10 Å². The number of aromatic nitrogens is 2. The van der Waals surface area contributed by atoms with Crippen molar-refractivity contribution in [2.75, 3.05) is 13.2 Å². The van der Waals surface area contributed by atoms with E-state index >= 15 is 0 Å². The van der Waals surface area contributed by atoms with Gasteiger partial charge in [-0.15, -0.1) is 0 Å². The Morgan fingerprint density at radius 3 is 2.88 bits per heavy atom. The minimum absolute atomic E-state index is 0.592. The van der Waals surface area contributed by atoms with Gasteiger partial charge in [-0.1, -0.05) is 0 Å². The number of nitrogens with zero attached hydrogens (tertiary/aromatic N) is 1. The standard InChI is InChI=1S/C11H9BrN2O2/c12-9-3-7(8-5-13-14-6-8)4-10-11(9)16-2-1-15-10/h3-6H,1-2H2,(H,13,14). The van der Waals surface area contributed by atoms with Crippen LogP contribution in [0.2, 0.25) is 0 Å². The highest BCUT2D eigenvalue weighted by molar-refractivity contribution is 9.10. The number of hydrogen-bond donors (Lipinski definition) is 1. The molecule has 1 aliphatic rings. The van der Waals surface area contributed by atoms with Gasteiger partial charge in [-0.05, 0) is 33.6 Å². The van der Waals surface area contributed by atoms with E-state index in [2.05, 4.69) is 26.1 Å². The van der Waals surface area contributed by atoms with Gasteiger partial charge in [0, 0.05) is 11.8 Å². The fourth-order valence-corrected chi connectivity index (χ4v) is 2.24. The van der Waals surface area contributed by atoms with Crippen molar-refractivity contribution in [3.8, 4) is 22.6 Å². The Morgan fingerprint density at radius 2 is 2.06 bits per heavy atom. The summed E-state index contributed by atoms with van der Waals surface area (Å²) in [6.45, 7) is 1.19. The zero-order valence-corrected chi connectivity index (χ0v) is 9.95. The lowest BCUT2D eigenvalue weighted by Gasteiger charge is -2.20. The van der Waals surface area contributed by atoms with Crippen LogP contribution in [0.5, 0.6) is 11.5 Å².